The van der Waals surface area contributed by atoms with E-state index in [1.54, 1.807) is 12.4 Å². The fourth-order valence-corrected chi connectivity index (χ4v) is 3.23. The summed E-state index contributed by atoms with van der Waals surface area (Å²) in [6.45, 7) is 0.584. The van der Waals surface area contributed by atoms with Gasteiger partial charge in [0.2, 0.25) is 5.91 Å². The van der Waals surface area contributed by atoms with Crippen molar-refractivity contribution in [2.45, 2.75) is 11.6 Å². The molecule has 0 bridgehead atoms. The van der Waals surface area contributed by atoms with Crippen LogP contribution >= 0.6 is 23.4 Å². The van der Waals surface area contributed by atoms with Crippen molar-refractivity contribution in [2.24, 2.45) is 7.05 Å². The highest BCUT2D eigenvalue weighted by molar-refractivity contribution is 7.99. The number of amides is 1. The first-order valence-electron chi connectivity index (χ1n) is 8.07. The summed E-state index contributed by atoms with van der Waals surface area (Å²) in [6, 6.07) is 11.4. The maximum Gasteiger partial charge on any atom is 0.230 e. The number of halogens is 1. The third kappa shape index (κ3) is 4.83. The number of rotatable bonds is 7. The molecule has 6 nitrogen and oxygen atoms in total. The number of thioether (sulfide) groups is 1. The molecule has 0 saturated carbocycles. The first kappa shape index (κ1) is 18.4. The van der Waals surface area contributed by atoms with Gasteiger partial charge in [0.15, 0.2) is 11.0 Å². The third-order valence-electron chi connectivity index (χ3n) is 3.74. The second kappa shape index (κ2) is 8.82. The summed E-state index contributed by atoms with van der Waals surface area (Å²) in [7, 11) is 1.88. The highest BCUT2D eigenvalue weighted by Gasteiger charge is 2.12. The van der Waals surface area contributed by atoms with Gasteiger partial charge in [-0.25, -0.2) is 0 Å². The summed E-state index contributed by atoms with van der Waals surface area (Å²) in [5, 5.41) is 12.7. The molecule has 2 aromatic heterocycles. The monoisotopic (exact) mass is 387 g/mol. The van der Waals surface area contributed by atoms with Gasteiger partial charge in [-0.3, -0.25) is 9.78 Å². The molecule has 1 aromatic carbocycles. The van der Waals surface area contributed by atoms with Gasteiger partial charge in [0.25, 0.3) is 0 Å². The molecular formula is C18H18ClN5OS. The molecule has 0 aliphatic rings. The van der Waals surface area contributed by atoms with Crippen LogP contribution in [0, 0.1) is 0 Å². The Hall–Kier alpha value is -2.38. The molecule has 0 unspecified atom stereocenters. The number of hydrogen-bond acceptors (Lipinski definition) is 5. The van der Waals surface area contributed by atoms with Gasteiger partial charge in [-0.2, -0.15) is 0 Å². The van der Waals surface area contributed by atoms with Crippen LogP contribution in [0.2, 0.25) is 5.02 Å². The minimum absolute atomic E-state index is 0.0325. The molecule has 1 N–H and O–H groups in total. The third-order valence-corrected chi connectivity index (χ3v) is 5.01. The molecule has 0 atom stereocenters. The van der Waals surface area contributed by atoms with Gasteiger partial charge in [0.1, 0.15) is 0 Å². The van der Waals surface area contributed by atoms with Crippen LogP contribution in [-0.2, 0) is 18.3 Å². The van der Waals surface area contributed by atoms with E-state index in [9.17, 15) is 4.79 Å². The Morgan fingerprint density at radius 1 is 1.23 bits per heavy atom. The predicted molar refractivity (Wildman–Crippen MR) is 103 cm³/mol. The maximum absolute atomic E-state index is 12.0. The lowest BCUT2D eigenvalue weighted by molar-refractivity contribution is -0.118. The van der Waals surface area contributed by atoms with Crippen molar-refractivity contribution in [3.63, 3.8) is 0 Å². The van der Waals surface area contributed by atoms with Gasteiger partial charge in [-0.1, -0.05) is 35.5 Å². The lowest BCUT2D eigenvalue weighted by Crippen LogP contribution is -2.27. The van der Waals surface area contributed by atoms with Crippen LogP contribution in [0.3, 0.4) is 0 Å². The van der Waals surface area contributed by atoms with E-state index in [0.717, 1.165) is 23.4 Å². The highest BCUT2D eigenvalue weighted by Crippen LogP contribution is 2.21. The van der Waals surface area contributed by atoms with Crippen LogP contribution in [-0.4, -0.2) is 38.0 Å². The van der Waals surface area contributed by atoms with Gasteiger partial charge in [-0.05, 0) is 36.2 Å². The van der Waals surface area contributed by atoms with Gasteiger partial charge < -0.3 is 9.88 Å². The summed E-state index contributed by atoms with van der Waals surface area (Å²) < 4.78 is 1.86. The van der Waals surface area contributed by atoms with Crippen LogP contribution in [0.25, 0.3) is 11.4 Å². The van der Waals surface area contributed by atoms with Crippen LogP contribution < -0.4 is 5.32 Å². The van der Waals surface area contributed by atoms with E-state index in [-0.39, 0.29) is 5.91 Å². The Morgan fingerprint density at radius 2 is 2.04 bits per heavy atom. The molecule has 0 aliphatic carbocycles. The fraction of sp³-hybridized carbons (Fsp3) is 0.222. The van der Waals surface area contributed by atoms with Crippen molar-refractivity contribution in [3.8, 4) is 11.4 Å². The highest BCUT2D eigenvalue weighted by atomic mass is 35.5. The zero-order valence-corrected chi connectivity index (χ0v) is 15.8. The van der Waals surface area contributed by atoms with Crippen LogP contribution in [0.1, 0.15) is 5.56 Å². The van der Waals surface area contributed by atoms with Gasteiger partial charge in [0.05, 0.1) is 5.75 Å². The quantitative estimate of drug-likeness (QED) is 0.631. The fourth-order valence-electron chi connectivity index (χ4n) is 2.37. The van der Waals surface area contributed by atoms with Crippen molar-refractivity contribution < 1.29 is 4.79 Å². The number of pyridine rings is 1. The molecule has 1 amide bonds. The molecule has 3 rings (SSSR count). The maximum atomic E-state index is 12.0. The molecular weight excluding hydrogens is 370 g/mol. The molecule has 0 fully saturated rings. The topological polar surface area (TPSA) is 72.7 Å². The van der Waals surface area contributed by atoms with E-state index in [1.807, 2.05) is 48.0 Å². The average Bonchev–Trinajstić information content (AvgIpc) is 3.03. The Bertz CT molecular complexity index is 867. The predicted octanol–water partition coefficient (Wildman–Crippen LogP) is 2.98. The smallest absolute Gasteiger partial charge is 0.230 e. The standard InChI is InChI=1S/C18H18ClN5OS/c1-24-17(14-3-2-9-20-11-14)22-23-18(24)26-12-16(25)21-10-8-13-4-6-15(19)7-5-13/h2-7,9,11H,8,10,12H2,1H3,(H,21,25). The first-order chi connectivity index (χ1) is 12.6. The number of benzene rings is 1. The minimum atomic E-state index is -0.0325. The number of aromatic nitrogens is 4. The number of carbonyl (C=O) groups excluding carboxylic acids is 1. The van der Waals surface area contributed by atoms with Crippen LogP contribution in [0.15, 0.2) is 53.9 Å². The SMILES string of the molecule is Cn1c(SCC(=O)NCCc2ccc(Cl)cc2)nnc1-c1cccnc1. The summed E-state index contributed by atoms with van der Waals surface area (Å²) >= 11 is 7.22. The van der Waals surface area contributed by atoms with Crippen molar-refractivity contribution in [3.05, 3.63) is 59.4 Å². The molecule has 26 heavy (non-hydrogen) atoms. The van der Waals surface area contributed by atoms with E-state index in [2.05, 4.69) is 20.5 Å². The summed E-state index contributed by atoms with van der Waals surface area (Å²) in [6.07, 6.45) is 4.22. The lowest BCUT2D eigenvalue weighted by atomic mass is 10.1. The molecule has 0 aliphatic heterocycles. The zero-order valence-electron chi connectivity index (χ0n) is 14.2. The molecule has 0 saturated heterocycles. The van der Waals surface area contributed by atoms with Gasteiger partial charge in [-0.15, -0.1) is 10.2 Å². The molecule has 134 valence electrons. The molecule has 0 radical (unpaired) electrons. The molecule has 2 heterocycles. The van der Waals surface area contributed by atoms with E-state index in [1.165, 1.54) is 11.8 Å². The van der Waals surface area contributed by atoms with Crippen molar-refractivity contribution in [1.29, 1.82) is 0 Å². The van der Waals surface area contributed by atoms with Crippen LogP contribution in [0.4, 0.5) is 0 Å². The minimum Gasteiger partial charge on any atom is -0.355 e. The van der Waals surface area contributed by atoms with Gasteiger partial charge in [0, 0.05) is 36.6 Å². The second-order valence-corrected chi connectivity index (χ2v) is 7.00. The van der Waals surface area contributed by atoms with Crippen molar-refractivity contribution in [2.75, 3.05) is 12.3 Å². The van der Waals surface area contributed by atoms with E-state index < -0.39 is 0 Å². The van der Waals surface area contributed by atoms with Gasteiger partial charge >= 0.3 is 0 Å². The Labute approximate surface area is 161 Å². The van der Waals surface area contributed by atoms with E-state index in [4.69, 9.17) is 11.6 Å². The summed E-state index contributed by atoms with van der Waals surface area (Å²) in [5.74, 6) is 0.984. The number of hydrogen-bond donors (Lipinski definition) is 1. The molecule has 3 aromatic rings. The average molecular weight is 388 g/mol. The van der Waals surface area contributed by atoms with Crippen LogP contribution in [0.5, 0.6) is 0 Å². The zero-order chi connectivity index (χ0) is 18.4. The molecule has 8 heteroatoms. The summed E-state index contributed by atoms with van der Waals surface area (Å²) in [5.41, 5.74) is 2.03. The lowest BCUT2D eigenvalue weighted by Gasteiger charge is -2.06. The largest absolute Gasteiger partial charge is 0.355 e. The van der Waals surface area contributed by atoms with E-state index in [0.29, 0.717) is 22.5 Å². The Balaban J connectivity index is 1.47. The molecule has 0 spiro atoms. The Morgan fingerprint density at radius 3 is 2.77 bits per heavy atom. The first-order valence-corrected chi connectivity index (χ1v) is 9.43. The number of nitrogens with one attached hydrogen (secondary N) is 1. The van der Waals surface area contributed by atoms with Crippen molar-refractivity contribution in [1.82, 2.24) is 25.1 Å². The van der Waals surface area contributed by atoms with Crippen molar-refractivity contribution >= 4 is 29.3 Å². The second-order valence-electron chi connectivity index (χ2n) is 5.62. The Kier molecular flexibility index (Phi) is 6.25. The normalized spacial score (nSPS) is 10.7. The number of nitrogens with zero attached hydrogens (tertiary/aromatic N) is 4. The number of carbonyl (C=O) groups is 1. The summed E-state index contributed by atoms with van der Waals surface area (Å²) in [4.78, 5) is 16.1. The van der Waals surface area contributed by atoms with E-state index >= 15 is 0 Å².